The number of sulfonamides is 1. The molecule has 3 aromatic carbocycles. The average Bonchev–Trinajstić information content (AvgIpc) is 2.78. The molecule has 7 nitrogen and oxygen atoms in total. The molecule has 166 valence electrons. The smallest absolute Gasteiger partial charge is 0.253 e. The summed E-state index contributed by atoms with van der Waals surface area (Å²) >= 11 is 0. The molecular weight excluding hydrogens is 426 g/mol. The van der Waals surface area contributed by atoms with Crippen LogP contribution in [0.25, 0.3) is 16.8 Å². The van der Waals surface area contributed by atoms with E-state index in [-0.39, 0.29) is 10.8 Å². The van der Waals surface area contributed by atoms with Crippen LogP contribution in [0, 0.1) is 0 Å². The molecule has 0 aliphatic rings. The fourth-order valence-electron chi connectivity index (χ4n) is 3.15. The van der Waals surface area contributed by atoms with Crippen LogP contribution < -0.4 is 15.6 Å². The first kappa shape index (κ1) is 23.1. The van der Waals surface area contributed by atoms with Gasteiger partial charge in [-0.3, -0.25) is 4.79 Å². The number of hydrogen-bond acceptors (Lipinski definition) is 5. The lowest BCUT2D eigenvalue weighted by Gasteiger charge is -2.18. The predicted octanol–water partition coefficient (Wildman–Crippen LogP) is 3.08. The average molecular weight is 452 g/mol. The number of nitrogens with zero attached hydrogens (tertiary/aromatic N) is 1. The van der Waals surface area contributed by atoms with Crippen molar-refractivity contribution < 1.29 is 17.9 Å². The van der Waals surface area contributed by atoms with Crippen molar-refractivity contribution in [2.45, 2.75) is 4.90 Å². The summed E-state index contributed by atoms with van der Waals surface area (Å²) in [6, 6.07) is 20.5. The monoisotopic (exact) mass is 451 g/mol. The van der Waals surface area contributed by atoms with Crippen molar-refractivity contribution in [2.24, 2.45) is 10.9 Å². The molecule has 3 aromatic rings. The van der Waals surface area contributed by atoms with E-state index in [4.69, 9.17) is 15.6 Å². The molecule has 8 heteroatoms. The number of hydrogen-bond donors (Lipinski definition) is 2. The van der Waals surface area contributed by atoms with Crippen LogP contribution in [-0.2, 0) is 10.0 Å². The first-order valence-corrected chi connectivity index (χ1v) is 11.4. The standard InChI is InChI=1S/C24H25N3O4S/c1-17(25)20-6-5-7-21(16-20)31-15-14-27(2)24(28)19-12-10-18(11-13-19)22-8-3-4-9-23(22)32(26,29)30/h3-13,16H,1,14-15,25H2,2H3,(H2,26,29,30). The molecule has 0 saturated heterocycles. The molecular formula is C24H25N3O4S. The lowest BCUT2D eigenvalue weighted by atomic mass is 10.0. The van der Waals surface area contributed by atoms with Crippen molar-refractivity contribution in [3.05, 3.63) is 90.5 Å². The summed E-state index contributed by atoms with van der Waals surface area (Å²) in [7, 11) is -2.17. The van der Waals surface area contributed by atoms with Crippen molar-refractivity contribution >= 4 is 21.6 Å². The third-order valence-electron chi connectivity index (χ3n) is 4.88. The SMILES string of the molecule is C=C(N)c1cccc(OCCN(C)C(=O)c2ccc(-c3ccccc3S(N)(=O)=O)cc2)c1. The zero-order valence-electron chi connectivity index (χ0n) is 17.7. The van der Waals surface area contributed by atoms with E-state index in [0.717, 1.165) is 5.56 Å². The molecule has 0 aliphatic carbocycles. The number of carbonyl (C=O) groups excluding carboxylic acids is 1. The van der Waals surface area contributed by atoms with Crippen LogP contribution in [-0.4, -0.2) is 39.4 Å². The zero-order valence-corrected chi connectivity index (χ0v) is 18.5. The minimum atomic E-state index is -3.86. The van der Waals surface area contributed by atoms with E-state index in [1.54, 1.807) is 60.5 Å². The Labute approximate surface area is 188 Å². The highest BCUT2D eigenvalue weighted by atomic mass is 32.2. The van der Waals surface area contributed by atoms with Gasteiger partial charge in [0.25, 0.3) is 5.91 Å². The summed E-state index contributed by atoms with van der Waals surface area (Å²) in [5.41, 5.74) is 8.56. The summed E-state index contributed by atoms with van der Waals surface area (Å²) in [6.45, 7) is 4.39. The van der Waals surface area contributed by atoms with E-state index in [1.165, 1.54) is 6.07 Å². The summed E-state index contributed by atoms with van der Waals surface area (Å²) in [5, 5.41) is 5.31. The van der Waals surface area contributed by atoms with Crippen LogP contribution >= 0.6 is 0 Å². The van der Waals surface area contributed by atoms with Crippen molar-refractivity contribution in [3.63, 3.8) is 0 Å². The Morgan fingerprint density at radius 1 is 1.00 bits per heavy atom. The molecule has 0 saturated carbocycles. The first-order chi connectivity index (χ1) is 15.2. The molecule has 1 amide bonds. The fourth-order valence-corrected chi connectivity index (χ4v) is 3.91. The molecule has 4 N–H and O–H groups in total. The highest BCUT2D eigenvalue weighted by molar-refractivity contribution is 7.89. The number of ether oxygens (including phenoxy) is 1. The summed E-state index contributed by atoms with van der Waals surface area (Å²) in [5.74, 6) is 0.469. The molecule has 0 fully saturated rings. The Bertz CT molecular complexity index is 1240. The molecule has 0 atom stereocenters. The molecule has 0 radical (unpaired) electrons. The van der Waals surface area contributed by atoms with Crippen molar-refractivity contribution in [1.82, 2.24) is 4.90 Å². The molecule has 0 spiro atoms. The molecule has 3 rings (SSSR count). The maximum absolute atomic E-state index is 12.7. The van der Waals surface area contributed by atoms with E-state index in [2.05, 4.69) is 6.58 Å². The Hall–Kier alpha value is -3.62. The lowest BCUT2D eigenvalue weighted by molar-refractivity contribution is 0.0774. The van der Waals surface area contributed by atoms with Crippen LogP contribution in [0.5, 0.6) is 5.75 Å². The number of benzene rings is 3. The number of rotatable bonds is 8. The third kappa shape index (κ3) is 5.54. The van der Waals surface area contributed by atoms with Gasteiger partial charge >= 0.3 is 0 Å². The van der Waals surface area contributed by atoms with Crippen molar-refractivity contribution in [3.8, 4) is 16.9 Å². The molecule has 32 heavy (non-hydrogen) atoms. The zero-order chi connectivity index (χ0) is 23.3. The maximum Gasteiger partial charge on any atom is 0.253 e. The number of carbonyl (C=O) groups is 1. The molecule has 0 unspecified atom stereocenters. The van der Waals surface area contributed by atoms with Gasteiger partial charge in [0, 0.05) is 29.4 Å². The summed E-state index contributed by atoms with van der Waals surface area (Å²) < 4.78 is 29.4. The second-order valence-electron chi connectivity index (χ2n) is 7.25. The van der Waals surface area contributed by atoms with E-state index < -0.39 is 10.0 Å². The van der Waals surface area contributed by atoms with Gasteiger partial charge < -0.3 is 15.4 Å². The predicted molar refractivity (Wildman–Crippen MR) is 125 cm³/mol. The molecule has 0 aliphatic heterocycles. The van der Waals surface area contributed by atoms with Gasteiger partial charge in [-0.25, -0.2) is 13.6 Å². The van der Waals surface area contributed by atoms with Gasteiger partial charge in [-0.15, -0.1) is 0 Å². The van der Waals surface area contributed by atoms with Crippen LogP contribution in [0.3, 0.4) is 0 Å². The van der Waals surface area contributed by atoms with E-state index in [9.17, 15) is 13.2 Å². The summed E-state index contributed by atoms with van der Waals surface area (Å²) in [4.78, 5) is 14.3. The van der Waals surface area contributed by atoms with Crippen molar-refractivity contribution in [2.75, 3.05) is 20.2 Å². The lowest BCUT2D eigenvalue weighted by Crippen LogP contribution is -2.30. The van der Waals surface area contributed by atoms with Gasteiger partial charge in [0.05, 0.1) is 11.4 Å². The quantitative estimate of drug-likeness (QED) is 0.546. The van der Waals surface area contributed by atoms with Crippen LogP contribution in [0.4, 0.5) is 0 Å². The van der Waals surface area contributed by atoms with Gasteiger partial charge in [0.2, 0.25) is 10.0 Å². The molecule has 0 bridgehead atoms. The van der Waals surface area contributed by atoms with Gasteiger partial charge in [-0.2, -0.15) is 0 Å². The topological polar surface area (TPSA) is 116 Å². The highest BCUT2D eigenvalue weighted by Crippen LogP contribution is 2.27. The summed E-state index contributed by atoms with van der Waals surface area (Å²) in [6.07, 6.45) is 0. The molecule has 0 heterocycles. The second-order valence-corrected chi connectivity index (χ2v) is 8.78. The molecule has 0 aromatic heterocycles. The van der Waals surface area contributed by atoms with Crippen LogP contribution in [0.15, 0.2) is 84.3 Å². The van der Waals surface area contributed by atoms with E-state index >= 15 is 0 Å². The van der Waals surface area contributed by atoms with Crippen LogP contribution in [0.2, 0.25) is 0 Å². The Balaban J connectivity index is 1.65. The number of likely N-dealkylation sites (N-methyl/N-ethyl adjacent to an activating group) is 1. The third-order valence-corrected chi connectivity index (χ3v) is 5.85. The number of nitrogens with two attached hydrogens (primary N) is 2. The van der Waals surface area contributed by atoms with E-state index in [1.807, 2.05) is 18.2 Å². The van der Waals surface area contributed by atoms with Gasteiger partial charge in [0.15, 0.2) is 0 Å². The fraction of sp³-hybridized carbons (Fsp3) is 0.125. The Kier molecular flexibility index (Phi) is 6.97. The minimum absolute atomic E-state index is 0.0376. The second kappa shape index (κ2) is 9.67. The minimum Gasteiger partial charge on any atom is -0.492 e. The normalized spacial score (nSPS) is 11.1. The Morgan fingerprint density at radius 3 is 2.34 bits per heavy atom. The van der Waals surface area contributed by atoms with Crippen molar-refractivity contribution in [1.29, 1.82) is 0 Å². The van der Waals surface area contributed by atoms with Crippen LogP contribution in [0.1, 0.15) is 15.9 Å². The van der Waals surface area contributed by atoms with E-state index in [0.29, 0.717) is 41.3 Å². The van der Waals surface area contributed by atoms with Gasteiger partial charge in [0.1, 0.15) is 12.4 Å². The highest BCUT2D eigenvalue weighted by Gasteiger charge is 2.16. The van der Waals surface area contributed by atoms with Gasteiger partial charge in [-0.1, -0.05) is 49.0 Å². The number of primary sulfonamides is 1. The Morgan fingerprint density at radius 2 is 1.69 bits per heavy atom. The largest absolute Gasteiger partial charge is 0.492 e. The first-order valence-electron chi connectivity index (χ1n) is 9.82. The maximum atomic E-state index is 12.7. The van der Waals surface area contributed by atoms with Gasteiger partial charge in [-0.05, 0) is 35.9 Å². The number of amides is 1.